The molecule has 1 aliphatic carbocycles. The topological polar surface area (TPSA) is 52.6 Å². The summed E-state index contributed by atoms with van der Waals surface area (Å²) in [5.74, 6) is 0.165. The summed E-state index contributed by atoms with van der Waals surface area (Å²) in [4.78, 5) is 14.4. The van der Waals surface area contributed by atoms with Gasteiger partial charge in [-0.2, -0.15) is 0 Å². The normalized spacial score (nSPS) is 25.9. The smallest absolute Gasteiger partial charge is 0.237 e. The largest absolute Gasteiger partial charge is 0.393 e. The highest BCUT2D eigenvalue weighted by atomic mass is 16.3. The van der Waals surface area contributed by atoms with E-state index >= 15 is 0 Å². The zero-order valence-corrected chi connectivity index (χ0v) is 11.4. The van der Waals surface area contributed by atoms with Gasteiger partial charge in [0.1, 0.15) is 0 Å². The molecule has 1 saturated heterocycles. The van der Waals surface area contributed by atoms with Gasteiger partial charge in [-0.25, -0.2) is 0 Å². The van der Waals surface area contributed by atoms with Gasteiger partial charge in [-0.05, 0) is 32.6 Å². The summed E-state index contributed by atoms with van der Waals surface area (Å²) in [6, 6.07) is 0.337. The lowest BCUT2D eigenvalue weighted by molar-refractivity contribution is -0.127. The zero-order valence-electron chi connectivity index (χ0n) is 11.4. The number of nitrogens with one attached hydrogen (secondary N) is 1. The summed E-state index contributed by atoms with van der Waals surface area (Å²) in [6.45, 7) is 3.65. The standard InChI is InChI=1S/C14H26N2O2/c1-11(16-9-7-13(17)8-10-16)14(18)15-12-5-3-2-4-6-12/h11-13,17H,2-10H2,1H3,(H,15,18). The van der Waals surface area contributed by atoms with Crippen LogP contribution in [0.3, 0.4) is 0 Å². The summed E-state index contributed by atoms with van der Waals surface area (Å²) in [6.07, 6.45) is 7.49. The van der Waals surface area contributed by atoms with Crippen molar-refractivity contribution in [3.8, 4) is 0 Å². The minimum absolute atomic E-state index is 0.0561. The predicted molar refractivity (Wildman–Crippen MR) is 71.3 cm³/mol. The fourth-order valence-electron chi connectivity index (χ4n) is 3.01. The van der Waals surface area contributed by atoms with Crippen LogP contribution in [0.25, 0.3) is 0 Å². The van der Waals surface area contributed by atoms with Crippen LogP contribution in [0.1, 0.15) is 51.9 Å². The predicted octanol–water partition coefficient (Wildman–Crippen LogP) is 1.28. The van der Waals surface area contributed by atoms with Gasteiger partial charge in [0.05, 0.1) is 12.1 Å². The average molecular weight is 254 g/mol. The number of aliphatic hydroxyl groups is 1. The van der Waals surface area contributed by atoms with Gasteiger partial charge in [0.2, 0.25) is 5.91 Å². The third kappa shape index (κ3) is 3.69. The van der Waals surface area contributed by atoms with E-state index in [4.69, 9.17) is 0 Å². The number of carbonyl (C=O) groups excluding carboxylic acids is 1. The lowest BCUT2D eigenvalue weighted by Crippen LogP contribution is -2.51. The number of piperidine rings is 1. The molecule has 0 bridgehead atoms. The van der Waals surface area contributed by atoms with E-state index in [1.165, 1.54) is 19.3 Å². The van der Waals surface area contributed by atoms with E-state index in [0.29, 0.717) is 6.04 Å². The maximum atomic E-state index is 12.2. The van der Waals surface area contributed by atoms with Crippen molar-refractivity contribution in [3.63, 3.8) is 0 Å². The van der Waals surface area contributed by atoms with Gasteiger partial charge in [0.25, 0.3) is 0 Å². The molecule has 2 rings (SSSR count). The van der Waals surface area contributed by atoms with Crippen molar-refractivity contribution in [2.24, 2.45) is 0 Å². The molecule has 2 N–H and O–H groups in total. The molecule has 0 aromatic carbocycles. The number of likely N-dealkylation sites (tertiary alicyclic amines) is 1. The molecule has 2 aliphatic rings. The summed E-state index contributed by atoms with van der Waals surface area (Å²) >= 11 is 0. The zero-order chi connectivity index (χ0) is 13.0. The Hall–Kier alpha value is -0.610. The highest BCUT2D eigenvalue weighted by molar-refractivity contribution is 5.81. The maximum absolute atomic E-state index is 12.2. The molecule has 104 valence electrons. The van der Waals surface area contributed by atoms with Crippen LogP contribution in [-0.4, -0.2) is 47.2 Å². The molecule has 0 aromatic heterocycles. The van der Waals surface area contributed by atoms with E-state index in [1.54, 1.807) is 0 Å². The number of amides is 1. The van der Waals surface area contributed by atoms with Gasteiger partial charge < -0.3 is 10.4 Å². The van der Waals surface area contributed by atoms with Crippen LogP contribution in [0.15, 0.2) is 0 Å². The lowest BCUT2D eigenvalue weighted by atomic mass is 9.95. The Bertz CT molecular complexity index is 269. The van der Waals surface area contributed by atoms with Crippen LogP contribution in [0.4, 0.5) is 0 Å². The third-order valence-corrected chi connectivity index (χ3v) is 4.38. The molecule has 4 nitrogen and oxygen atoms in total. The Labute approximate surface area is 110 Å². The van der Waals surface area contributed by atoms with E-state index in [2.05, 4.69) is 10.2 Å². The summed E-state index contributed by atoms with van der Waals surface area (Å²) < 4.78 is 0. The van der Waals surface area contributed by atoms with E-state index in [1.807, 2.05) is 6.92 Å². The summed E-state index contributed by atoms with van der Waals surface area (Å²) in [5, 5.41) is 12.7. The highest BCUT2D eigenvalue weighted by Crippen LogP contribution is 2.18. The quantitative estimate of drug-likeness (QED) is 0.798. The molecule has 4 heteroatoms. The second-order valence-corrected chi connectivity index (χ2v) is 5.79. The van der Waals surface area contributed by atoms with E-state index in [0.717, 1.165) is 38.8 Å². The average Bonchev–Trinajstić information content (AvgIpc) is 2.40. The molecule has 18 heavy (non-hydrogen) atoms. The van der Waals surface area contributed by atoms with E-state index in [9.17, 15) is 9.90 Å². The minimum Gasteiger partial charge on any atom is -0.393 e. The first-order chi connectivity index (χ1) is 8.66. The van der Waals surface area contributed by atoms with E-state index < -0.39 is 0 Å². The van der Waals surface area contributed by atoms with E-state index in [-0.39, 0.29) is 18.1 Å². The molecular formula is C14H26N2O2. The van der Waals surface area contributed by atoms with Crippen molar-refractivity contribution in [2.75, 3.05) is 13.1 Å². The van der Waals surface area contributed by atoms with Gasteiger partial charge in [-0.15, -0.1) is 0 Å². The van der Waals surface area contributed by atoms with Gasteiger partial charge in [-0.1, -0.05) is 19.3 Å². The summed E-state index contributed by atoms with van der Waals surface area (Å²) in [5.41, 5.74) is 0. The Balaban J connectivity index is 1.77. The fourth-order valence-corrected chi connectivity index (χ4v) is 3.01. The van der Waals surface area contributed by atoms with Crippen LogP contribution in [0, 0.1) is 0 Å². The van der Waals surface area contributed by atoms with Crippen LogP contribution < -0.4 is 5.32 Å². The van der Waals surface area contributed by atoms with Crippen molar-refractivity contribution < 1.29 is 9.90 Å². The first-order valence-corrected chi connectivity index (χ1v) is 7.39. The van der Waals surface area contributed by atoms with Gasteiger partial charge in [-0.3, -0.25) is 9.69 Å². The second-order valence-electron chi connectivity index (χ2n) is 5.79. The van der Waals surface area contributed by atoms with Crippen LogP contribution >= 0.6 is 0 Å². The van der Waals surface area contributed by atoms with Crippen molar-refractivity contribution in [3.05, 3.63) is 0 Å². The molecule has 1 heterocycles. The van der Waals surface area contributed by atoms with Crippen molar-refractivity contribution in [2.45, 2.75) is 70.1 Å². The van der Waals surface area contributed by atoms with Crippen LogP contribution in [-0.2, 0) is 4.79 Å². The Morgan fingerprint density at radius 3 is 2.39 bits per heavy atom. The maximum Gasteiger partial charge on any atom is 0.237 e. The molecule has 1 atom stereocenters. The van der Waals surface area contributed by atoms with Crippen molar-refractivity contribution in [1.29, 1.82) is 0 Å². The van der Waals surface area contributed by atoms with Crippen LogP contribution in [0.2, 0.25) is 0 Å². The molecule has 0 spiro atoms. The first-order valence-electron chi connectivity index (χ1n) is 7.39. The minimum atomic E-state index is -0.171. The monoisotopic (exact) mass is 254 g/mol. The molecule has 1 unspecified atom stereocenters. The second kappa shape index (κ2) is 6.53. The lowest BCUT2D eigenvalue weighted by Gasteiger charge is -2.34. The molecule has 1 aliphatic heterocycles. The molecule has 1 saturated carbocycles. The molecular weight excluding hydrogens is 228 g/mol. The first kappa shape index (κ1) is 13.8. The van der Waals surface area contributed by atoms with Crippen molar-refractivity contribution in [1.82, 2.24) is 10.2 Å². The molecule has 0 radical (unpaired) electrons. The number of aliphatic hydroxyl groups excluding tert-OH is 1. The molecule has 1 amide bonds. The molecule has 0 aromatic rings. The number of hydrogen-bond donors (Lipinski definition) is 2. The number of rotatable bonds is 3. The number of hydrogen-bond acceptors (Lipinski definition) is 3. The number of nitrogens with zero attached hydrogens (tertiary/aromatic N) is 1. The highest BCUT2D eigenvalue weighted by Gasteiger charge is 2.27. The fraction of sp³-hybridized carbons (Fsp3) is 0.929. The van der Waals surface area contributed by atoms with Gasteiger partial charge in [0.15, 0.2) is 0 Å². The Morgan fingerprint density at radius 2 is 1.78 bits per heavy atom. The molecule has 2 fully saturated rings. The Morgan fingerprint density at radius 1 is 1.17 bits per heavy atom. The third-order valence-electron chi connectivity index (χ3n) is 4.38. The van der Waals surface area contributed by atoms with Crippen molar-refractivity contribution >= 4 is 5.91 Å². The number of carbonyl (C=O) groups is 1. The van der Waals surface area contributed by atoms with Gasteiger partial charge in [0, 0.05) is 19.1 Å². The summed E-state index contributed by atoms with van der Waals surface area (Å²) in [7, 11) is 0. The van der Waals surface area contributed by atoms with Crippen LogP contribution in [0.5, 0.6) is 0 Å². The van der Waals surface area contributed by atoms with Gasteiger partial charge >= 0.3 is 0 Å². The Kier molecular flexibility index (Phi) is 5.01. The SMILES string of the molecule is CC(C(=O)NC1CCCCC1)N1CCC(O)CC1.